The minimum Gasteiger partial charge on any atom is -0.445 e. The summed E-state index contributed by atoms with van der Waals surface area (Å²) in [5, 5.41) is 11.0. The molecule has 1 fully saturated rings. The summed E-state index contributed by atoms with van der Waals surface area (Å²) in [5.41, 5.74) is 2.98. The van der Waals surface area contributed by atoms with Gasteiger partial charge in [-0.1, -0.05) is 48.5 Å². The first kappa shape index (κ1) is 17.3. The fourth-order valence-electron chi connectivity index (χ4n) is 3.94. The maximum absolute atomic E-state index is 12.6. The van der Waals surface area contributed by atoms with Crippen molar-refractivity contribution in [3.05, 3.63) is 81.9 Å². The summed E-state index contributed by atoms with van der Waals surface area (Å²) in [4.78, 5) is 25.1. The van der Waals surface area contributed by atoms with Crippen LogP contribution >= 0.6 is 0 Å². The van der Waals surface area contributed by atoms with Gasteiger partial charge in [-0.15, -0.1) is 0 Å². The molecule has 0 N–H and O–H groups in total. The van der Waals surface area contributed by atoms with E-state index in [1.54, 1.807) is 12.1 Å². The second-order valence-electron chi connectivity index (χ2n) is 6.95. The molecule has 138 valence electrons. The number of hydrogen-bond acceptors (Lipinski definition) is 4. The van der Waals surface area contributed by atoms with Crippen LogP contribution in [-0.4, -0.2) is 28.0 Å². The molecule has 0 aliphatic carbocycles. The molecule has 6 nitrogen and oxygen atoms in total. The number of fused-ring (bicyclic) bond motifs is 2. The van der Waals surface area contributed by atoms with E-state index in [9.17, 15) is 14.9 Å². The normalized spacial score (nSPS) is 20.9. The Morgan fingerprint density at radius 1 is 1.15 bits per heavy atom. The molecule has 6 heteroatoms. The quantitative estimate of drug-likeness (QED) is 0.589. The van der Waals surface area contributed by atoms with Crippen molar-refractivity contribution in [3.8, 4) is 0 Å². The van der Waals surface area contributed by atoms with Crippen LogP contribution in [0.15, 0.2) is 60.7 Å². The lowest BCUT2D eigenvalue weighted by atomic mass is 9.95. The number of hydrogen-bond donors (Lipinski definition) is 0. The minimum absolute atomic E-state index is 0.0127. The average molecular weight is 364 g/mol. The minimum atomic E-state index is -0.380. The van der Waals surface area contributed by atoms with E-state index >= 15 is 0 Å². The molecule has 2 aromatic rings. The van der Waals surface area contributed by atoms with Gasteiger partial charge < -0.3 is 4.74 Å². The smallest absolute Gasteiger partial charge is 0.410 e. The molecule has 0 spiro atoms. The zero-order valence-corrected chi connectivity index (χ0v) is 14.8. The summed E-state index contributed by atoms with van der Waals surface area (Å²) in [6, 6.07) is 16.4. The molecular weight excluding hydrogens is 344 g/mol. The molecule has 0 radical (unpaired) electrons. The van der Waals surface area contributed by atoms with Crippen molar-refractivity contribution >= 4 is 17.4 Å². The fraction of sp³-hybridized carbons (Fsp3) is 0.286. The van der Waals surface area contributed by atoms with Crippen LogP contribution in [0.4, 0.5) is 10.5 Å². The molecule has 2 aliphatic heterocycles. The number of nitro benzene ring substituents is 1. The molecule has 2 aromatic carbocycles. The van der Waals surface area contributed by atoms with Crippen molar-refractivity contribution in [1.82, 2.24) is 4.90 Å². The van der Waals surface area contributed by atoms with Crippen LogP contribution in [0.25, 0.3) is 5.57 Å². The third-order valence-electron chi connectivity index (χ3n) is 5.24. The molecule has 2 bridgehead atoms. The number of ether oxygens (including phenoxy) is 1. The molecule has 2 aliphatic rings. The van der Waals surface area contributed by atoms with Crippen LogP contribution in [-0.2, 0) is 11.3 Å². The van der Waals surface area contributed by atoms with Gasteiger partial charge >= 0.3 is 6.09 Å². The molecule has 0 saturated carbocycles. The Morgan fingerprint density at radius 3 is 2.70 bits per heavy atom. The van der Waals surface area contributed by atoms with Gasteiger partial charge in [0.2, 0.25) is 0 Å². The van der Waals surface area contributed by atoms with Gasteiger partial charge in [-0.3, -0.25) is 15.0 Å². The highest BCUT2D eigenvalue weighted by Gasteiger charge is 2.40. The van der Waals surface area contributed by atoms with Crippen molar-refractivity contribution in [2.24, 2.45) is 0 Å². The Morgan fingerprint density at radius 2 is 1.96 bits per heavy atom. The maximum atomic E-state index is 12.6. The van der Waals surface area contributed by atoms with Crippen LogP contribution in [0.1, 0.15) is 30.4 Å². The zero-order valence-electron chi connectivity index (χ0n) is 14.8. The largest absolute Gasteiger partial charge is 0.445 e. The van der Waals surface area contributed by atoms with Gasteiger partial charge in [0.15, 0.2) is 0 Å². The number of carbonyl (C=O) groups is 1. The second kappa shape index (κ2) is 7.23. The Kier molecular flexibility index (Phi) is 4.62. The number of rotatable bonds is 4. The molecule has 1 saturated heterocycles. The predicted octanol–water partition coefficient (Wildman–Crippen LogP) is 4.55. The van der Waals surface area contributed by atoms with E-state index in [1.165, 1.54) is 6.07 Å². The zero-order chi connectivity index (χ0) is 18.8. The fourth-order valence-corrected chi connectivity index (χ4v) is 3.94. The number of amides is 1. The third kappa shape index (κ3) is 3.56. The summed E-state index contributed by atoms with van der Waals surface area (Å²) < 4.78 is 5.51. The highest BCUT2D eigenvalue weighted by molar-refractivity contribution is 5.75. The van der Waals surface area contributed by atoms with Crippen molar-refractivity contribution in [1.29, 1.82) is 0 Å². The number of nitro groups is 1. The van der Waals surface area contributed by atoms with E-state index < -0.39 is 0 Å². The standard InChI is InChI=1S/C21H20N2O4/c24-21(27-14-15-5-2-1-3-6-15)22-18-9-10-19(22)13-17(12-18)16-7-4-8-20(11-16)23(25)26/h1-8,11-12,18-19H,9-10,13-14H2. The number of nitrogens with zero attached hydrogens (tertiary/aromatic N) is 2. The van der Waals surface area contributed by atoms with Gasteiger partial charge in [-0.2, -0.15) is 0 Å². The molecule has 4 rings (SSSR count). The Hall–Kier alpha value is -3.15. The molecule has 2 unspecified atom stereocenters. The highest BCUT2D eigenvalue weighted by Crippen LogP contribution is 2.39. The lowest BCUT2D eigenvalue weighted by molar-refractivity contribution is -0.384. The Bertz CT molecular complexity index is 894. The molecular formula is C21H20N2O4. The molecule has 27 heavy (non-hydrogen) atoms. The van der Waals surface area contributed by atoms with Gasteiger partial charge in [0.25, 0.3) is 5.69 Å². The summed E-state index contributed by atoms with van der Waals surface area (Å²) >= 11 is 0. The van der Waals surface area contributed by atoms with E-state index in [-0.39, 0.29) is 35.4 Å². The van der Waals surface area contributed by atoms with E-state index in [0.717, 1.165) is 29.5 Å². The molecule has 2 heterocycles. The van der Waals surface area contributed by atoms with E-state index in [2.05, 4.69) is 6.08 Å². The van der Waals surface area contributed by atoms with Crippen molar-refractivity contribution in [2.45, 2.75) is 38.0 Å². The molecule has 0 aromatic heterocycles. The van der Waals surface area contributed by atoms with Crippen LogP contribution in [0.5, 0.6) is 0 Å². The third-order valence-corrected chi connectivity index (χ3v) is 5.24. The van der Waals surface area contributed by atoms with E-state index in [4.69, 9.17) is 4.74 Å². The lowest BCUT2D eigenvalue weighted by Crippen LogP contribution is -2.43. The second-order valence-corrected chi connectivity index (χ2v) is 6.95. The summed E-state index contributed by atoms with van der Waals surface area (Å²) in [6.45, 7) is 0.261. The predicted molar refractivity (Wildman–Crippen MR) is 101 cm³/mol. The van der Waals surface area contributed by atoms with Crippen LogP contribution in [0, 0.1) is 10.1 Å². The number of carbonyl (C=O) groups excluding carboxylic acids is 1. The van der Waals surface area contributed by atoms with Crippen molar-refractivity contribution in [2.75, 3.05) is 0 Å². The summed E-state index contributed by atoms with van der Waals surface area (Å²) in [7, 11) is 0. The van der Waals surface area contributed by atoms with Gasteiger partial charge in [0.1, 0.15) is 6.61 Å². The van der Waals surface area contributed by atoms with Crippen LogP contribution < -0.4 is 0 Å². The maximum Gasteiger partial charge on any atom is 0.410 e. The first-order chi connectivity index (χ1) is 13.1. The molecule has 2 atom stereocenters. The van der Waals surface area contributed by atoms with Crippen LogP contribution in [0.3, 0.4) is 0 Å². The topological polar surface area (TPSA) is 72.7 Å². The lowest BCUT2D eigenvalue weighted by Gasteiger charge is -2.33. The average Bonchev–Trinajstić information content (AvgIpc) is 2.96. The first-order valence-electron chi connectivity index (χ1n) is 9.06. The number of non-ortho nitro benzene ring substituents is 1. The van der Waals surface area contributed by atoms with Gasteiger partial charge in [-0.05, 0) is 36.0 Å². The van der Waals surface area contributed by atoms with E-state index in [0.29, 0.717) is 6.42 Å². The van der Waals surface area contributed by atoms with Gasteiger partial charge in [0.05, 0.1) is 11.0 Å². The van der Waals surface area contributed by atoms with Gasteiger partial charge in [0, 0.05) is 18.2 Å². The summed E-state index contributed by atoms with van der Waals surface area (Å²) in [6.07, 6.45) is 4.27. The highest BCUT2D eigenvalue weighted by atomic mass is 16.6. The molecule has 1 amide bonds. The van der Waals surface area contributed by atoms with Gasteiger partial charge in [-0.25, -0.2) is 4.79 Å². The van der Waals surface area contributed by atoms with Crippen LogP contribution in [0.2, 0.25) is 0 Å². The monoisotopic (exact) mass is 364 g/mol. The Labute approximate surface area is 157 Å². The van der Waals surface area contributed by atoms with Crippen molar-refractivity contribution in [3.63, 3.8) is 0 Å². The number of benzene rings is 2. The Balaban J connectivity index is 1.48. The first-order valence-corrected chi connectivity index (χ1v) is 9.06. The van der Waals surface area contributed by atoms with Crippen molar-refractivity contribution < 1.29 is 14.5 Å². The summed E-state index contributed by atoms with van der Waals surface area (Å²) in [5.74, 6) is 0. The van der Waals surface area contributed by atoms with E-state index in [1.807, 2.05) is 41.3 Å². The SMILES string of the molecule is O=C(OCc1ccccc1)N1C2C=C(c3cccc([N+](=O)[O-])c3)CC1CC2.